The molecule has 1 aromatic rings. The van der Waals surface area contributed by atoms with Crippen LogP contribution >= 0.6 is 0 Å². The van der Waals surface area contributed by atoms with Crippen molar-refractivity contribution < 1.29 is 13.9 Å². The summed E-state index contributed by atoms with van der Waals surface area (Å²) in [6.45, 7) is 1.77. The van der Waals surface area contributed by atoms with Crippen molar-refractivity contribution in [1.29, 1.82) is 21.2 Å². The number of nitriles is 3. The minimum Gasteiger partial charge on any atom is -0.464 e. The van der Waals surface area contributed by atoms with Gasteiger partial charge in [0.2, 0.25) is 17.1 Å². The number of ether oxygens (including phenoxy) is 2. The Balaban J connectivity index is 1.88. The molecule has 0 radical (unpaired) electrons. The Labute approximate surface area is 183 Å². The molecular weight excluding hydrogens is 392 g/mol. The lowest BCUT2D eigenvalue weighted by Gasteiger charge is -2.49. The van der Waals surface area contributed by atoms with Crippen LogP contribution < -0.4 is 0 Å². The normalized spacial score (nSPS) is 35.2. The molecule has 2 saturated heterocycles. The van der Waals surface area contributed by atoms with E-state index in [0.717, 1.165) is 38.5 Å². The van der Waals surface area contributed by atoms with Crippen molar-refractivity contribution in [2.45, 2.75) is 83.0 Å². The molecule has 2 bridgehead atoms. The molecule has 0 amide bonds. The van der Waals surface area contributed by atoms with Crippen LogP contribution in [0.3, 0.4) is 0 Å². The van der Waals surface area contributed by atoms with Crippen LogP contribution in [0.5, 0.6) is 0 Å². The number of aryl methyl sites for hydroxylation is 1. The largest absolute Gasteiger partial charge is 0.464 e. The fourth-order valence-corrected chi connectivity index (χ4v) is 5.77. The van der Waals surface area contributed by atoms with Gasteiger partial charge in [-0.1, -0.05) is 44.9 Å². The number of furan rings is 1. The first-order chi connectivity index (χ1) is 15.0. The number of hydrogen-bond acceptors (Lipinski definition) is 7. The van der Waals surface area contributed by atoms with E-state index in [1.807, 2.05) is 0 Å². The van der Waals surface area contributed by atoms with E-state index in [0.29, 0.717) is 24.4 Å². The fraction of sp³-hybridized carbons (Fsp3) is 0.667. The topological polar surface area (TPSA) is 127 Å². The van der Waals surface area contributed by atoms with Crippen LogP contribution in [0.4, 0.5) is 0 Å². The average molecular weight is 421 g/mol. The summed E-state index contributed by atoms with van der Waals surface area (Å²) in [6, 6.07) is 9.88. The van der Waals surface area contributed by atoms with Crippen LogP contribution in [0.2, 0.25) is 0 Å². The molecule has 3 aliphatic rings. The van der Waals surface area contributed by atoms with Gasteiger partial charge in [0.15, 0.2) is 11.5 Å². The van der Waals surface area contributed by atoms with E-state index in [4.69, 9.17) is 19.3 Å². The zero-order chi connectivity index (χ0) is 22.1. The lowest BCUT2D eigenvalue weighted by Crippen LogP contribution is -2.59. The fourth-order valence-electron chi connectivity index (χ4n) is 5.77. The van der Waals surface area contributed by atoms with Crippen molar-refractivity contribution in [2.24, 2.45) is 16.7 Å². The van der Waals surface area contributed by atoms with Gasteiger partial charge in [-0.25, -0.2) is 0 Å². The maximum atomic E-state index is 10.5. The maximum Gasteiger partial charge on any atom is 0.217 e. The molecule has 1 aliphatic carbocycles. The summed E-state index contributed by atoms with van der Waals surface area (Å²) < 4.78 is 18.4. The van der Waals surface area contributed by atoms with Gasteiger partial charge in [0.05, 0.1) is 24.1 Å². The van der Waals surface area contributed by atoms with Gasteiger partial charge in [-0.15, -0.1) is 0 Å². The van der Waals surface area contributed by atoms with E-state index in [9.17, 15) is 15.8 Å². The molecule has 1 N–H and O–H groups in total. The molecule has 2 aliphatic heterocycles. The van der Waals surface area contributed by atoms with Gasteiger partial charge in [-0.2, -0.15) is 15.8 Å². The number of hydrogen-bond donors (Lipinski definition) is 1. The van der Waals surface area contributed by atoms with Gasteiger partial charge >= 0.3 is 0 Å². The average Bonchev–Trinajstić information content (AvgIpc) is 3.26. The highest BCUT2D eigenvalue weighted by atomic mass is 16.7. The summed E-state index contributed by atoms with van der Waals surface area (Å²) in [4.78, 5) is 0. The molecule has 31 heavy (non-hydrogen) atoms. The third kappa shape index (κ3) is 2.97. The molecule has 4 atom stereocenters. The smallest absolute Gasteiger partial charge is 0.217 e. The lowest BCUT2D eigenvalue weighted by atomic mass is 9.52. The zero-order valence-electron chi connectivity index (χ0n) is 17.9. The first-order valence-electron chi connectivity index (χ1n) is 11.3. The second kappa shape index (κ2) is 8.03. The van der Waals surface area contributed by atoms with Crippen molar-refractivity contribution in [2.75, 3.05) is 0 Å². The van der Waals surface area contributed by atoms with Crippen LogP contribution in [0.15, 0.2) is 16.5 Å². The van der Waals surface area contributed by atoms with Crippen LogP contribution in [0.1, 0.15) is 81.8 Å². The summed E-state index contributed by atoms with van der Waals surface area (Å²) >= 11 is 0. The Bertz CT molecular complexity index is 966. The Morgan fingerprint density at radius 2 is 1.58 bits per heavy atom. The molecule has 1 saturated carbocycles. The maximum absolute atomic E-state index is 10.5. The second-order valence-corrected chi connectivity index (χ2v) is 9.06. The third-order valence-electron chi connectivity index (χ3n) is 7.34. The van der Waals surface area contributed by atoms with Gasteiger partial charge in [0.25, 0.3) is 0 Å². The van der Waals surface area contributed by atoms with Crippen molar-refractivity contribution in [1.82, 2.24) is 0 Å². The molecule has 3 heterocycles. The van der Waals surface area contributed by atoms with Crippen LogP contribution in [0.25, 0.3) is 0 Å². The van der Waals surface area contributed by atoms with E-state index >= 15 is 0 Å². The Hall–Kier alpha value is -2.82. The Kier molecular flexibility index (Phi) is 5.54. The number of rotatable bonds is 1. The first-order valence-corrected chi connectivity index (χ1v) is 11.3. The van der Waals surface area contributed by atoms with E-state index in [1.54, 1.807) is 19.1 Å². The predicted octanol–water partition coefficient (Wildman–Crippen LogP) is 5.44. The van der Waals surface area contributed by atoms with Gasteiger partial charge in [0.1, 0.15) is 11.5 Å². The Morgan fingerprint density at radius 3 is 2.16 bits per heavy atom. The van der Waals surface area contributed by atoms with Gasteiger partial charge in [-0.3, -0.25) is 5.41 Å². The van der Waals surface area contributed by atoms with Crippen LogP contribution in [0, 0.1) is 63.1 Å². The Morgan fingerprint density at radius 1 is 0.935 bits per heavy atom. The molecular formula is C24H28N4O3. The molecule has 1 aromatic heterocycles. The highest BCUT2D eigenvalue weighted by Crippen LogP contribution is 2.68. The first kappa shape index (κ1) is 21.4. The molecule has 7 nitrogen and oxygen atoms in total. The number of nitrogens with one attached hydrogen (secondary N) is 1. The monoisotopic (exact) mass is 420 g/mol. The highest BCUT2D eigenvalue weighted by molar-refractivity contribution is 5.89. The van der Waals surface area contributed by atoms with Crippen LogP contribution in [-0.2, 0) is 9.47 Å². The summed E-state index contributed by atoms with van der Waals surface area (Å²) in [6.07, 6.45) is 8.33. The predicted molar refractivity (Wildman–Crippen MR) is 110 cm³/mol. The molecule has 4 rings (SSSR count). The summed E-state index contributed by atoms with van der Waals surface area (Å²) in [7, 11) is 0. The molecule has 4 unspecified atom stereocenters. The molecule has 7 heteroatoms. The summed E-state index contributed by atoms with van der Waals surface area (Å²) in [5.41, 5.74) is -3.64. The quantitative estimate of drug-likeness (QED) is 0.644. The summed E-state index contributed by atoms with van der Waals surface area (Å²) in [5.74, 6) is -1.13. The van der Waals surface area contributed by atoms with E-state index in [-0.39, 0.29) is 5.90 Å². The standard InChI is InChI=1S/C24H28N4O3/c1-17-11-12-18(29-17)20-22(14-25,15-26)23(16-27)19-10-8-6-4-2-3-5-7-9-13-24(19,30-20)31-21(23)28/h11-12,19-20,28H,2-10,13H2,1H3. The van der Waals surface area contributed by atoms with Crippen LogP contribution in [-0.4, -0.2) is 11.7 Å². The van der Waals surface area contributed by atoms with Crippen molar-refractivity contribution in [3.8, 4) is 18.2 Å². The van der Waals surface area contributed by atoms with E-state index < -0.39 is 28.6 Å². The molecule has 0 aromatic carbocycles. The van der Waals surface area contributed by atoms with Gasteiger partial charge in [0, 0.05) is 6.42 Å². The van der Waals surface area contributed by atoms with Crippen molar-refractivity contribution >= 4 is 5.90 Å². The zero-order valence-corrected chi connectivity index (χ0v) is 17.9. The molecule has 162 valence electrons. The molecule has 3 fully saturated rings. The van der Waals surface area contributed by atoms with Crippen molar-refractivity contribution in [3.05, 3.63) is 23.7 Å². The van der Waals surface area contributed by atoms with Crippen molar-refractivity contribution in [3.63, 3.8) is 0 Å². The van der Waals surface area contributed by atoms with Gasteiger partial charge < -0.3 is 13.9 Å². The summed E-state index contributed by atoms with van der Waals surface area (Å²) in [5, 5.41) is 39.8. The number of nitrogens with zero attached hydrogens (tertiary/aromatic N) is 3. The van der Waals surface area contributed by atoms with E-state index in [2.05, 4.69) is 18.2 Å². The molecule has 0 spiro atoms. The minimum atomic E-state index is -1.94. The second-order valence-electron chi connectivity index (χ2n) is 9.06. The van der Waals surface area contributed by atoms with Gasteiger partial charge in [-0.05, 0) is 31.9 Å². The third-order valence-corrected chi connectivity index (χ3v) is 7.34. The highest BCUT2D eigenvalue weighted by Gasteiger charge is 2.80. The lowest BCUT2D eigenvalue weighted by molar-refractivity contribution is -0.291. The minimum absolute atomic E-state index is 0.316. The van der Waals surface area contributed by atoms with E-state index in [1.165, 1.54) is 12.8 Å². The SMILES string of the molecule is Cc1ccc(C2OC34CCCCCCCCCCC3C(C#N)(C(=N)O4)C2(C#N)C#N)o1.